The van der Waals surface area contributed by atoms with Crippen molar-refractivity contribution in [1.29, 1.82) is 0 Å². The van der Waals surface area contributed by atoms with Crippen LogP contribution in [0.3, 0.4) is 0 Å². The Morgan fingerprint density at radius 3 is 2.57 bits per heavy atom. The summed E-state index contributed by atoms with van der Waals surface area (Å²) in [5.41, 5.74) is 6.56. The van der Waals surface area contributed by atoms with Gasteiger partial charge in [-0.2, -0.15) is 18.6 Å². The van der Waals surface area contributed by atoms with Crippen LogP contribution in [0.1, 0.15) is 36.1 Å². The molecule has 0 N–H and O–H groups in total. The van der Waals surface area contributed by atoms with E-state index >= 15 is 0 Å². The van der Waals surface area contributed by atoms with Gasteiger partial charge < -0.3 is 9.47 Å². The largest absolute Gasteiger partial charge is 0.497 e. The molecule has 0 fully saturated rings. The highest BCUT2D eigenvalue weighted by Gasteiger charge is 2.15. The monoisotopic (exact) mass is 528 g/mol. The van der Waals surface area contributed by atoms with Crippen LogP contribution in [0, 0.1) is 18.8 Å². The molecule has 4 aromatic rings. The number of pyridine rings is 1. The molecule has 188 valence electrons. The van der Waals surface area contributed by atoms with E-state index in [1.165, 1.54) is 22.1 Å². The van der Waals surface area contributed by atoms with Gasteiger partial charge in [-0.05, 0) is 71.5 Å². The van der Waals surface area contributed by atoms with E-state index in [1.807, 2.05) is 31.3 Å². The van der Waals surface area contributed by atoms with E-state index in [2.05, 4.69) is 74.9 Å². The summed E-state index contributed by atoms with van der Waals surface area (Å²) in [6.07, 6.45) is 2.66. The molecule has 6 nitrogen and oxygen atoms in total. The Balaban J connectivity index is 0.00000320. The van der Waals surface area contributed by atoms with E-state index in [9.17, 15) is 0 Å². The SMILES string of the molecule is CC#C[C@@H](CC1=NN=NC1)c1ccc(OCc2cc3c(-c4ccc(OC)cc4C)csc3cn2)cc1.S. The summed E-state index contributed by atoms with van der Waals surface area (Å²) < 4.78 is 12.6. The summed E-state index contributed by atoms with van der Waals surface area (Å²) in [5.74, 6) is 8.03. The van der Waals surface area contributed by atoms with Gasteiger partial charge in [0, 0.05) is 23.6 Å². The number of aromatic nitrogens is 1. The molecule has 37 heavy (non-hydrogen) atoms. The number of benzene rings is 2. The maximum absolute atomic E-state index is 6.08. The molecule has 0 unspecified atom stereocenters. The molecule has 3 heterocycles. The van der Waals surface area contributed by atoms with Gasteiger partial charge in [0.25, 0.3) is 0 Å². The van der Waals surface area contributed by atoms with Crippen molar-refractivity contribution >= 4 is 40.6 Å². The minimum atomic E-state index is 0. The number of nitrogens with zero attached hydrogens (tertiary/aromatic N) is 4. The van der Waals surface area contributed by atoms with E-state index in [1.54, 1.807) is 18.4 Å². The molecule has 1 aliphatic rings. The van der Waals surface area contributed by atoms with Gasteiger partial charge in [0.1, 0.15) is 24.7 Å². The Bertz CT molecular complexity index is 1510. The Morgan fingerprint density at radius 1 is 1.05 bits per heavy atom. The summed E-state index contributed by atoms with van der Waals surface area (Å²) in [4.78, 5) is 4.62. The van der Waals surface area contributed by atoms with Crippen molar-refractivity contribution < 1.29 is 9.47 Å². The van der Waals surface area contributed by atoms with E-state index in [0.29, 0.717) is 13.2 Å². The highest BCUT2D eigenvalue weighted by atomic mass is 32.1. The maximum atomic E-state index is 6.08. The molecule has 1 aliphatic heterocycles. The molecular weight excluding hydrogens is 500 g/mol. The Labute approximate surface area is 227 Å². The smallest absolute Gasteiger partial charge is 0.130 e. The minimum Gasteiger partial charge on any atom is -0.497 e. The average molecular weight is 529 g/mol. The molecule has 2 aromatic heterocycles. The van der Waals surface area contributed by atoms with Crippen LogP contribution in [0.5, 0.6) is 11.5 Å². The second-order valence-electron chi connectivity index (χ2n) is 8.57. The van der Waals surface area contributed by atoms with Gasteiger partial charge in [0.05, 0.1) is 29.1 Å². The first-order valence-corrected chi connectivity index (χ1v) is 12.6. The summed E-state index contributed by atoms with van der Waals surface area (Å²) in [5, 5.41) is 15.1. The summed E-state index contributed by atoms with van der Waals surface area (Å²) in [6, 6.07) is 16.4. The Hall–Kier alpha value is -3.67. The van der Waals surface area contributed by atoms with Crippen molar-refractivity contribution in [3.63, 3.8) is 0 Å². The lowest BCUT2D eigenvalue weighted by Crippen LogP contribution is -2.07. The Morgan fingerprint density at radius 2 is 1.86 bits per heavy atom. The van der Waals surface area contributed by atoms with Crippen LogP contribution in [0.4, 0.5) is 0 Å². The van der Waals surface area contributed by atoms with Crippen LogP contribution in [0.25, 0.3) is 21.2 Å². The highest BCUT2D eigenvalue weighted by Crippen LogP contribution is 2.37. The van der Waals surface area contributed by atoms with Gasteiger partial charge in [-0.1, -0.05) is 24.1 Å². The standard InChI is InChI=1S/C29H26N4O2S.H2S/c1-4-5-21(13-22-15-31-33-32-22)20-6-8-24(9-7-20)35-17-23-14-27-28(18-36-29(27)16-30-23)26-11-10-25(34-3)12-19(26)2;/h6-12,14,16,18,21H,13,15,17H2,1-3H3;1H2/t21-;/m0./s1. The van der Waals surface area contributed by atoms with Crippen LogP contribution >= 0.6 is 24.8 Å². The van der Waals surface area contributed by atoms with Gasteiger partial charge in [-0.15, -0.1) is 22.4 Å². The van der Waals surface area contributed by atoms with Crippen molar-refractivity contribution in [2.24, 2.45) is 15.4 Å². The van der Waals surface area contributed by atoms with Crippen molar-refractivity contribution in [2.75, 3.05) is 13.7 Å². The average Bonchev–Trinajstić information content (AvgIpc) is 3.57. The van der Waals surface area contributed by atoms with Crippen molar-refractivity contribution in [1.82, 2.24) is 4.98 Å². The molecule has 2 aromatic carbocycles. The first kappa shape index (κ1) is 26.4. The lowest BCUT2D eigenvalue weighted by atomic mass is 9.94. The highest BCUT2D eigenvalue weighted by molar-refractivity contribution is 7.59. The number of ether oxygens (including phenoxy) is 2. The second kappa shape index (κ2) is 12.0. The van der Waals surface area contributed by atoms with Gasteiger partial charge in [-0.25, -0.2) is 0 Å². The normalized spacial score (nSPS) is 12.9. The lowest BCUT2D eigenvalue weighted by molar-refractivity contribution is 0.301. The van der Waals surface area contributed by atoms with Crippen LogP contribution < -0.4 is 9.47 Å². The fourth-order valence-corrected chi connectivity index (χ4v) is 5.20. The first-order valence-electron chi connectivity index (χ1n) is 11.7. The summed E-state index contributed by atoms with van der Waals surface area (Å²) in [6.45, 7) is 4.92. The zero-order chi connectivity index (χ0) is 24.9. The van der Waals surface area contributed by atoms with Gasteiger partial charge in [0.2, 0.25) is 0 Å². The topological polar surface area (TPSA) is 68.4 Å². The fraction of sp³-hybridized carbons (Fsp3) is 0.241. The number of hydrogen-bond donors (Lipinski definition) is 0. The third-order valence-electron chi connectivity index (χ3n) is 6.17. The first-order chi connectivity index (χ1) is 17.6. The maximum Gasteiger partial charge on any atom is 0.130 e. The van der Waals surface area contributed by atoms with Crippen molar-refractivity contribution in [3.05, 3.63) is 76.9 Å². The molecule has 0 saturated heterocycles. The predicted octanol–water partition coefficient (Wildman–Crippen LogP) is 7.29. The number of rotatable bonds is 8. The number of hydrogen-bond acceptors (Lipinski definition) is 7. The quantitative estimate of drug-likeness (QED) is 0.226. The molecule has 0 spiro atoms. The van der Waals surface area contributed by atoms with Crippen molar-refractivity contribution in [3.8, 4) is 34.5 Å². The number of thiophene rings is 1. The van der Waals surface area contributed by atoms with Crippen LogP contribution in [0.15, 0.2) is 75.5 Å². The molecule has 0 radical (unpaired) electrons. The van der Waals surface area contributed by atoms with Gasteiger partial charge in [0.15, 0.2) is 0 Å². The van der Waals surface area contributed by atoms with Crippen molar-refractivity contribution in [2.45, 2.75) is 32.8 Å². The molecule has 0 saturated carbocycles. The zero-order valence-electron chi connectivity index (χ0n) is 21.0. The Kier molecular flexibility index (Phi) is 8.59. The summed E-state index contributed by atoms with van der Waals surface area (Å²) >= 11 is 1.70. The summed E-state index contributed by atoms with van der Waals surface area (Å²) in [7, 11) is 1.69. The molecule has 5 rings (SSSR count). The van der Waals surface area contributed by atoms with Gasteiger partial charge in [-0.3, -0.25) is 4.98 Å². The molecule has 1 atom stereocenters. The van der Waals surface area contributed by atoms with Crippen LogP contribution in [0.2, 0.25) is 0 Å². The zero-order valence-corrected chi connectivity index (χ0v) is 22.8. The molecule has 0 bridgehead atoms. The third-order valence-corrected chi connectivity index (χ3v) is 7.10. The molecule has 8 heteroatoms. The number of methoxy groups -OCH3 is 1. The predicted molar refractivity (Wildman–Crippen MR) is 155 cm³/mol. The third kappa shape index (κ3) is 6.01. The lowest BCUT2D eigenvalue weighted by Gasteiger charge is -2.12. The molecule has 0 amide bonds. The van der Waals surface area contributed by atoms with E-state index in [0.717, 1.165) is 39.6 Å². The molecular formula is C29H28N4O2S2. The van der Waals surface area contributed by atoms with E-state index in [4.69, 9.17) is 9.47 Å². The van der Waals surface area contributed by atoms with E-state index in [-0.39, 0.29) is 19.4 Å². The van der Waals surface area contributed by atoms with Crippen LogP contribution in [-0.2, 0) is 6.61 Å². The fourth-order valence-electron chi connectivity index (χ4n) is 4.29. The minimum absolute atomic E-state index is 0. The number of aryl methyl sites for hydroxylation is 1. The second-order valence-corrected chi connectivity index (χ2v) is 9.48. The van der Waals surface area contributed by atoms with E-state index < -0.39 is 0 Å². The molecule has 0 aliphatic carbocycles. The number of fused-ring (bicyclic) bond motifs is 1. The van der Waals surface area contributed by atoms with Gasteiger partial charge >= 0.3 is 0 Å². The van der Waals surface area contributed by atoms with Crippen LogP contribution in [-0.4, -0.2) is 24.4 Å².